The average Bonchev–Trinajstić information content (AvgIpc) is 2.52. The van der Waals surface area contributed by atoms with Crippen molar-refractivity contribution in [2.75, 3.05) is 18.4 Å². The van der Waals surface area contributed by atoms with Crippen molar-refractivity contribution in [1.29, 1.82) is 0 Å². The molecule has 0 spiro atoms. The van der Waals surface area contributed by atoms with Crippen LogP contribution in [0.15, 0.2) is 18.2 Å². The van der Waals surface area contributed by atoms with Gasteiger partial charge in [-0.15, -0.1) is 0 Å². The minimum Gasteiger partial charge on any atom is -0.481 e. The van der Waals surface area contributed by atoms with E-state index in [4.69, 9.17) is 5.11 Å². The molecule has 136 valence electrons. The number of likely N-dealkylation sites (tertiary alicyclic amines) is 1. The molecule has 25 heavy (non-hydrogen) atoms. The second-order valence-electron chi connectivity index (χ2n) is 5.91. The Bertz CT molecular complexity index is 703. The van der Waals surface area contributed by atoms with Crippen molar-refractivity contribution >= 4 is 23.5 Å². The lowest BCUT2D eigenvalue weighted by atomic mass is 9.97. The summed E-state index contributed by atoms with van der Waals surface area (Å²) in [5.41, 5.74) is -1.45. The van der Waals surface area contributed by atoms with Crippen LogP contribution in [-0.4, -0.2) is 40.9 Å². The Morgan fingerprint density at radius 1 is 1.24 bits per heavy atom. The molecule has 2 N–H and O–H groups in total. The molecule has 0 aromatic heterocycles. The van der Waals surface area contributed by atoms with Gasteiger partial charge in [0.15, 0.2) is 0 Å². The molecule has 6 nitrogen and oxygen atoms in total. The third-order valence-electron chi connectivity index (χ3n) is 3.89. The van der Waals surface area contributed by atoms with Crippen molar-refractivity contribution in [1.82, 2.24) is 4.90 Å². The lowest BCUT2D eigenvalue weighted by molar-refractivity contribution is -0.143. The van der Waals surface area contributed by atoms with Crippen LogP contribution in [0.3, 0.4) is 0 Å². The molecule has 0 bridgehead atoms. The molecule has 1 aromatic carbocycles. The number of nitrogens with one attached hydrogen (secondary N) is 1. The summed E-state index contributed by atoms with van der Waals surface area (Å²) in [7, 11) is 0. The summed E-state index contributed by atoms with van der Waals surface area (Å²) < 4.78 is 39.1. The fraction of sp³-hybridized carbons (Fsp3) is 0.438. The highest BCUT2D eigenvalue weighted by Crippen LogP contribution is 2.32. The molecule has 0 unspecified atom stereocenters. The van der Waals surface area contributed by atoms with Crippen LogP contribution in [0.2, 0.25) is 0 Å². The third kappa shape index (κ3) is 4.71. The molecule has 0 aliphatic carbocycles. The number of hydrogen-bond donors (Lipinski definition) is 2. The standard InChI is InChI=1S/C16H17F3N2O4/c1-9(22)20-13-6-11(5-12(7-13)16(17,18)19)14(23)21-4-2-3-10(8-21)15(24)25/h5-7,10H,2-4,8H2,1H3,(H,20,22)(H,24,25)/t10-/m0/s1. The van der Waals surface area contributed by atoms with Gasteiger partial charge in [0.05, 0.1) is 11.5 Å². The number of nitrogens with zero attached hydrogens (tertiary/aromatic N) is 1. The Balaban J connectivity index is 2.34. The number of hydrogen-bond acceptors (Lipinski definition) is 3. The quantitative estimate of drug-likeness (QED) is 0.870. The topological polar surface area (TPSA) is 86.7 Å². The number of piperidine rings is 1. The van der Waals surface area contributed by atoms with Crippen LogP contribution in [0.1, 0.15) is 35.7 Å². The molecule has 0 saturated carbocycles. The fourth-order valence-electron chi connectivity index (χ4n) is 2.74. The van der Waals surface area contributed by atoms with Gasteiger partial charge in [-0.25, -0.2) is 0 Å². The average molecular weight is 358 g/mol. The molecule has 0 radical (unpaired) electrons. The number of carboxylic acid groups (broad SMARTS) is 1. The number of amides is 2. The Kier molecular flexibility index (Phi) is 5.34. The number of anilines is 1. The summed E-state index contributed by atoms with van der Waals surface area (Å²) >= 11 is 0. The lowest BCUT2D eigenvalue weighted by Crippen LogP contribution is -2.42. The van der Waals surface area contributed by atoms with Crippen molar-refractivity contribution in [3.8, 4) is 0 Å². The van der Waals surface area contributed by atoms with E-state index in [2.05, 4.69) is 5.32 Å². The number of carbonyl (C=O) groups excluding carboxylic acids is 2. The van der Waals surface area contributed by atoms with E-state index in [1.54, 1.807) is 0 Å². The minimum absolute atomic E-state index is 0.0557. The van der Waals surface area contributed by atoms with Gasteiger partial charge in [-0.05, 0) is 31.0 Å². The largest absolute Gasteiger partial charge is 0.481 e. The van der Waals surface area contributed by atoms with Crippen LogP contribution in [0.4, 0.5) is 18.9 Å². The first-order valence-electron chi connectivity index (χ1n) is 7.60. The van der Waals surface area contributed by atoms with Gasteiger partial charge in [-0.3, -0.25) is 14.4 Å². The summed E-state index contributed by atoms with van der Waals surface area (Å²) in [4.78, 5) is 36.0. The van der Waals surface area contributed by atoms with E-state index in [1.807, 2.05) is 0 Å². The molecule has 9 heteroatoms. The molecule has 1 aromatic rings. The Morgan fingerprint density at radius 3 is 2.48 bits per heavy atom. The Labute approximate surface area is 141 Å². The van der Waals surface area contributed by atoms with Crippen LogP contribution in [0.5, 0.6) is 0 Å². The van der Waals surface area contributed by atoms with E-state index in [1.165, 1.54) is 4.90 Å². The first kappa shape index (κ1) is 18.8. The predicted molar refractivity (Wildman–Crippen MR) is 82.0 cm³/mol. The summed E-state index contributed by atoms with van der Waals surface area (Å²) in [6.07, 6.45) is -3.81. The first-order valence-corrected chi connectivity index (χ1v) is 7.60. The number of benzene rings is 1. The third-order valence-corrected chi connectivity index (χ3v) is 3.89. The SMILES string of the molecule is CC(=O)Nc1cc(C(=O)N2CCC[C@H](C(=O)O)C2)cc(C(F)(F)F)c1. The van der Waals surface area contributed by atoms with Crippen LogP contribution in [0, 0.1) is 5.92 Å². The fourth-order valence-corrected chi connectivity index (χ4v) is 2.74. The van der Waals surface area contributed by atoms with E-state index in [0.29, 0.717) is 18.9 Å². The van der Waals surface area contributed by atoms with E-state index >= 15 is 0 Å². The summed E-state index contributed by atoms with van der Waals surface area (Å²) in [6, 6.07) is 2.61. The highest BCUT2D eigenvalue weighted by Gasteiger charge is 2.33. The molecule has 1 heterocycles. The van der Waals surface area contributed by atoms with Crippen molar-refractivity contribution in [2.45, 2.75) is 25.9 Å². The van der Waals surface area contributed by atoms with Gasteiger partial charge in [0, 0.05) is 31.3 Å². The molecular formula is C16H17F3N2O4. The molecule has 1 saturated heterocycles. The van der Waals surface area contributed by atoms with Gasteiger partial charge in [0.1, 0.15) is 0 Å². The van der Waals surface area contributed by atoms with Gasteiger partial charge in [-0.1, -0.05) is 0 Å². The van der Waals surface area contributed by atoms with Gasteiger partial charge in [0.2, 0.25) is 5.91 Å². The molecule has 1 aliphatic heterocycles. The molecule has 2 rings (SSSR count). The van der Waals surface area contributed by atoms with Gasteiger partial charge in [0.25, 0.3) is 5.91 Å². The van der Waals surface area contributed by atoms with E-state index in [0.717, 1.165) is 19.1 Å². The highest BCUT2D eigenvalue weighted by atomic mass is 19.4. The van der Waals surface area contributed by atoms with Gasteiger partial charge < -0.3 is 15.3 Å². The molecule has 1 fully saturated rings. The minimum atomic E-state index is -4.69. The number of aliphatic carboxylic acids is 1. The zero-order valence-electron chi connectivity index (χ0n) is 13.4. The summed E-state index contributed by atoms with van der Waals surface area (Å²) in [6.45, 7) is 1.36. The second kappa shape index (κ2) is 7.12. The van der Waals surface area contributed by atoms with Crippen LogP contribution >= 0.6 is 0 Å². The van der Waals surface area contributed by atoms with Crippen molar-refractivity contribution in [3.63, 3.8) is 0 Å². The molecule has 1 aliphatic rings. The molecule has 1 atom stereocenters. The van der Waals surface area contributed by atoms with Crippen LogP contribution in [-0.2, 0) is 15.8 Å². The maximum atomic E-state index is 13.0. The van der Waals surface area contributed by atoms with E-state index in [9.17, 15) is 27.6 Å². The molecular weight excluding hydrogens is 341 g/mol. The monoisotopic (exact) mass is 358 g/mol. The number of carbonyl (C=O) groups is 3. The predicted octanol–water partition coefficient (Wildman–Crippen LogP) is 2.60. The Morgan fingerprint density at radius 2 is 1.92 bits per heavy atom. The zero-order chi connectivity index (χ0) is 18.8. The van der Waals surface area contributed by atoms with Crippen molar-refractivity contribution in [2.24, 2.45) is 5.92 Å². The van der Waals surface area contributed by atoms with Crippen LogP contribution < -0.4 is 5.32 Å². The molecule has 2 amide bonds. The smallest absolute Gasteiger partial charge is 0.416 e. The van der Waals surface area contributed by atoms with Gasteiger partial charge in [-0.2, -0.15) is 13.2 Å². The zero-order valence-corrected chi connectivity index (χ0v) is 13.4. The van der Waals surface area contributed by atoms with E-state index in [-0.39, 0.29) is 24.3 Å². The Hall–Kier alpha value is -2.58. The van der Waals surface area contributed by atoms with Crippen LogP contribution in [0.25, 0.3) is 0 Å². The maximum absolute atomic E-state index is 13.0. The normalized spacial score (nSPS) is 17.9. The number of alkyl halides is 3. The summed E-state index contributed by atoms with van der Waals surface area (Å²) in [5.74, 6) is -3.04. The highest BCUT2D eigenvalue weighted by molar-refractivity contribution is 5.97. The number of rotatable bonds is 3. The maximum Gasteiger partial charge on any atom is 0.416 e. The second-order valence-corrected chi connectivity index (χ2v) is 5.91. The lowest BCUT2D eigenvalue weighted by Gasteiger charge is -2.31. The number of halogens is 3. The van der Waals surface area contributed by atoms with E-state index < -0.39 is 35.4 Å². The van der Waals surface area contributed by atoms with Crippen molar-refractivity contribution < 1.29 is 32.7 Å². The van der Waals surface area contributed by atoms with Crippen molar-refractivity contribution in [3.05, 3.63) is 29.3 Å². The first-order chi connectivity index (χ1) is 11.6. The summed E-state index contributed by atoms with van der Waals surface area (Å²) in [5, 5.41) is 11.3. The number of carboxylic acids is 1. The van der Waals surface area contributed by atoms with Gasteiger partial charge >= 0.3 is 12.1 Å².